The molecule has 2 rings (SSSR count). The summed E-state index contributed by atoms with van der Waals surface area (Å²) >= 11 is 0. The molecule has 0 fully saturated rings. The van der Waals surface area contributed by atoms with Crippen LogP contribution in [0.15, 0.2) is 30.0 Å². The second kappa shape index (κ2) is 5.10. The van der Waals surface area contributed by atoms with Gasteiger partial charge in [-0.2, -0.15) is 0 Å². The number of nitrogens with zero attached hydrogens (tertiary/aromatic N) is 4. The van der Waals surface area contributed by atoms with Crippen LogP contribution in [0.2, 0.25) is 0 Å². The maximum atomic E-state index is 11.5. The fraction of sp³-hybridized carbons (Fsp3) is 0.167. The molecule has 0 radical (unpaired) electrons. The van der Waals surface area contributed by atoms with E-state index in [1.807, 2.05) is 12.1 Å². The smallest absolute Gasteiger partial charge is 0.337 e. The number of hydrogen-bond donors (Lipinski definition) is 0. The lowest BCUT2D eigenvalue weighted by Gasteiger charge is -1.99. The Morgan fingerprint density at radius 3 is 3.06 bits per heavy atom. The molecule has 0 saturated heterocycles. The highest BCUT2D eigenvalue weighted by Crippen LogP contribution is 2.12. The quantitative estimate of drug-likeness (QED) is 0.467. The lowest BCUT2D eigenvalue weighted by molar-refractivity contribution is -0.138. The van der Waals surface area contributed by atoms with E-state index in [4.69, 9.17) is 11.3 Å². The molecule has 18 heavy (non-hydrogen) atoms. The average molecular weight is 242 g/mol. The van der Waals surface area contributed by atoms with Crippen molar-refractivity contribution in [3.05, 3.63) is 41.4 Å². The first-order chi connectivity index (χ1) is 8.76. The standard InChI is InChI=1S/C12H10N4O2/c1-3-18-12(17)10(13-2)8-16-11-7-5-4-6-9(11)14-15-16/h4-8H,3H2,1H3/b10-8+. The number of ether oxygens (including phenoxy) is 1. The fourth-order valence-corrected chi connectivity index (χ4v) is 1.43. The van der Waals surface area contributed by atoms with Gasteiger partial charge in [0, 0.05) is 6.20 Å². The summed E-state index contributed by atoms with van der Waals surface area (Å²) in [6, 6.07) is 7.28. The van der Waals surface area contributed by atoms with E-state index in [-0.39, 0.29) is 12.3 Å². The van der Waals surface area contributed by atoms with Crippen molar-refractivity contribution in [2.75, 3.05) is 6.61 Å². The van der Waals surface area contributed by atoms with Crippen LogP contribution in [0.25, 0.3) is 22.1 Å². The number of para-hydroxylation sites is 1. The third-order valence-electron chi connectivity index (χ3n) is 2.23. The summed E-state index contributed by atoms with van der Waals surface area (Å²) in [4.78, 5) is 14.6. The van der Waals surface area contributed by atoms with E-state index in [1.165, 1.54) is 10.9 Å². The summed E-state index contributed by atoms with van der Waals surface area (Å²) in [5, 5.41) is 7.79. The molecule has 6 nitrogen and oxygen atoms in total. The maximum Gasteiger partial charge on any atom is 0.337 e. The van der Waals surface area contributed by atoms with Crippen LogP contribution < -0.4 is 0 Å². The summed E-state index contributed by atoms with van der Waals surface area (Å²) in [7, 11) is 0. The van der Waals surface area contributed by atoms with Crippen LogP contribution in [-0.2, 0) is 9.53 Å². The Morgan fingerprint density at radius 1 is 1.56 bits per heavy atom. The van der Waals surface area contributed by atoms with E-state index in [2.05, 4.69) is 15.2 Å². The Hall–Kier alpha value is -2.68. The molecule has 0 bridgehead atoms. The summed E-state index contributed by atoms with van der Waals surface area (Å²) < 4.78 is 6.16. The Morgan fingerprint density at radius 2 is 2.33 bits per heavy atom. The summed E-state index contributed by atoms with van der Waals surface area (Å²) in [5.74, 6) is -0.660. The molecule has 0 aliphatic heterocycles. The van der Waals surface area contributed by atoms with Crippen molar-refractivity contribution in [3.63, 3.8) is 0 Å². The molecule has 1 aromatic heterocycles. The van der Waals surface area contributed by atoms with Crippen molar-refractivity contribution in [1.29, 1.82) is 0 Å². The van der Waals surface area contributed by atoms with Crippen molar-refractivity contribution >= 4 is 23.2 Å². The number of carbonyl (C=O) groups excluding carboxylic acids is 1. The van der Waals surface area contributed by atoms with Gasteiger partial charge in [0.05, 0.1) is 18.7 Å². The van der Waals surface area contributed by atoms with E-state index in [1.54, 1.807) is 19.1 Å². The van der Waals surface area contributed by atoms with Gasteiger partial charge in [-0.05, 0) is 19.1 Å². The highest BCUT2D eigenvalue weighted by Gasteiger charge is 2.12. The lowest BCUT2D eigenvalue weighted by atomic mass is 10.3. The van der Waals surface area contributed by atoms with Crippen LogP contribution in [-0.4, -0.2) is 27.6 Å². The minimum Gasteiger partial charge on any atom is -0.471 e. The Bertz CT molecular complexity index is 651. The molecule has 0 atom stereocenters. The van der Waals surface area contributed by atoms with Crippen LogP contribution in [0.4, 0.5) is 0 Å². The van der Waals surface area contributed by atoms with Crippen LogP contribution >= 0.6 is 0 Å². The van der Waals surface area contributed by atoms with E-state index in [0.29, 0.717) is 5.52 Å². The largest absolute Gasteiger partial charge is 0.471 e. The van der Waals surface area contributed by atoms with Gasteiger partial charge in [-0.15, -0.1) is 5.10 Å². The molecule has 0 aliphatic carbocycles. The van der Waals surface area contributed by atoms with Crippen LogP contribution in [0, 0.1) is 6.57 Å². The molecule has 6 heteroatoms. The lowest BCUT2D eigenvalue weighted by Crippen LogP contribution is -2.06. The molecule has 0 saturated carbocycles. The monoisotopic (exact) mass is 242 g/mol. The van der Waals surface area contributed by atoms with E-state index < -0.39 is 5.97 Å². The van der Waals surface area contributed by atoms with Crippen LogP contribution in [0.3, 0.4) is 0 Å². The molecule has 0 spiro atoms. The molecule has 0 unspecified atom stereocenters. The van der Waals surface area contributed by atoms with E-state index >= 15 is 0 Å². The van der Waals surface area contributed by atoms with Crippen molar-refractivity contribution in [3.8, 4) is 0 Å². The zero-order valence-corrected chi connectivity index (χ0v) is 9.70. The van der Waals surface area contributed by atoms with Gasteiger partial charge in [0.15, 0.2) is 0 Å². The first kappa shape index (κ1) is 11.8. The molecule has 2 aromatic rings. The molecule has 90 valence electrons. The number of benzene rings is 1. The number of fused-ring (bicyclic) bond motifs is 1. The predicted molar refractivity (Wildman–Crippen MR) is 65.0 cm³/mol. The first-order valence-corrected chi connectivity index (χ1v) is 5.32. The number of hydrogen-bond acceptors (Lipinski definition) is 4. The predicted octanol–water partition coefficient (Wildman–Crippen LogP) is 1.71. The molecule has 1 aromatic carbocycles. The van der Waals surface area contributed by atoms with Gasteiger partial charge >= 0.3 is 5.97 Å². The molecule has 1 heterocycles. The zero-order valence-electron chi connectivity index (χ0n) is 9.70. The van der Waals surface area contributed by atoms with Gasteiger partial charge in [0.1, 0.15) is 5.52 Å². The van der Waals surface area contributed by atoms with Crippen molar-refractivity contribution in [1.82, 2.24) is 15.0 Å². The highest BCUT2D eigenvalue weighted by atomic mass is 16.5. The molecular formula is C12H10N4O2. The Labute approximate surface area is 103 Å². The number of carbonyl (C=O) groups is 1. The van der Waals surface area contributed by atoms with Crippen molar-refractivity contribution in [2.24, 2.45) is 0 Å². The normalized spacial score (nSPS) is 11.2. The topological polar surface area (TPSA) is 61.4 Å². The van der Waals surface area contributed by atoms with E-state index in [9.17, 15) is 4.79 Å². The number of rotatable bonds is 3. The van der Waals surface area contributed by atoms with Gasteiger partial charge < -0.3 is 4.74 Å². The van der Waals surface area contributed by atoms with Gasteiger partial charge in [-0.25, -0.2) is 9.53 Å². The first-order valence-electron chi connectivity index (χ1n) is 5.32. The minimum atomic E-state index is -0.660. The Kier molecular flexibility index (Phi) is 3.34. The molecule has 0 amide bonds. The summed E-state index contributed by atoms with van der Waals surface area (Å²) in [5.41, 5.74) is 1.29. The SMILES string of the molecule is [C-]#[N+]/C(=C/n1nnc2ccccc21)C(=O)OCC. The van der Waals surface area contributed by atoms with Crippen molar-refractivity contribution < 1.29 is 9.53 Å². The van der Waals surface area contributed by atoms with E-state index in [0.717, 1.165) is 5.52 Å². The summed E-state index contributed by atoms with van der Waals surface area (Å²) in [6.07, 6.45) is 1.32. The van der Waals surface area contributed by atoms with Gasteiger partial charge in [0.2, 0.25) is 0 Å². The van der Waals surface area contributed by atoms with Gasteiger partial charge in [-0.1, -0.05) is 17.3 Å². The maximum absolute atomic E-state index is 11.5. The second-order valence-electron chi connectivity index (χ2n) is 3.37. The number of aromatic nitrogens is 3. The third kappa shape index (κ3) is 2.20. The fourth-order valence-electron chi connectivity index (χ4n) is 1.43. The molecule has 0 aliphatic rings. The third-order valence-corrected chi connectivity index (χ3v) is 2.23. The van der Waals surface area contributed by atoms with Gasteiger partial charge in [-0.3, -0.25) is 4.79 Å². The molecule has 0 N–H and O–H groups in total. The van der Waals surface area contributed by atoms with Crippen molar-refractivity contribution in [2.45, 2.75) is 6.92 Å². The zero-order chi connectivity index (χ0) is 13.0. The summed E-state index contributed by atoms with van der Waals surface area (Å²) in [6.45, 7) is 8.88. The second-order valence-corrected chi connectivity index (χ2v) is 3.37. The number of esters is 1. The minimum absolute atomic E-state index is 0.132. The van der Waals surface area contributed by atoms with Gasteiger partial charge in [0.25, 0.3) is 5.70 Å². The Balaban J connectivity index is 2.42. The van der Waals surface area contributed by atoms with Crippen LogP contribution in [0.5, 0.6) is 0 Å². The molecular weight excluding hydrogens is 232 g/mol. The van der Waals surface area contributed by atoms with Crippen LogP contribution in [0.1, 0.15) is 6.92 Å². The average Bonchev–Trinajstić information content (AvgIpc) is 2.79. The highest BCUT2D eigenvalue weighted by molar-refractivity contribution is 5.94.